The summed E-state index contributed by atoms with van der Waals surface area (Å²) in [6.45, 7) is 8.06. The fraction of sp³-hybridized carbons (Fsp3) is 0.500. The second-order valence-corrected chi connectivity index (χ2v) is 10.1. The van der Waals surface area contributed by atoms with Crippen molar-refractivity contribution < 1.29 is 17.9 Å². The van der Waals surface area contributed by atoms with Crippen molar-refractivity contribution >= 4 is 10.0 Å². The molecular weight excluding hydrogens is 398 g/mol. The Morgan fingerprint density at radius 2 is 1.47 bits per heavy atom. The van der Waals surface area contributed by atoms with Crippen molar-refractivity contribution in [3.05, 3.63) is 52.1 Å². The first-order valence-corrected chi connectivity index (χ1v) is 12.1. The van der Waals surface area contributed by atoms with Crippen LogP contribution in [0.5, 0.6) is 11.5 Å². The van der Waals surface area contributed by atoms with E-state index < -0.39 is 10.0 Å². The SMILES string of the molecule is COc1cc(C)c([C@H](C)NS(=O)(=O)c2cc3c(cc2OC)CCCC3)cc1C(C)C. The first kappa shape index (κ1) is 22.6. The van der Waals surface area contributed by atoms with E-state index in [1.54, 1.807) is 13.2 Å². The first-order chi connectivity index (χ1) is 14.2. The molecule has 164 valence electrons. The van der Waals surface area contributed by atoms with Crippen molar-refractivity contribution in [1.82, 2.24) is 4.72 Å². The highest BCUT2D eigenvalue weighted by Crippen LogP contribution is 2.35. The number of sulfonamides is 1. The minimum Gasteiger partial charge on any atom is -0.496 e. The zero-order valence-corrected chi connectivity index (χ0v) is 19.7. The molecule has 0 aromatic heterocycles. The molecule has 0 heterocycles. The van der Waals surface area contributed by atoms with Gasteiger partial charge in [-0.3, -0.25) is 0 Å². The van der Waals surface area contributed by atoms with Gasteiger partial charge in [0.15, 0.2) is 0 Å². The molecule has 1 N–H and O–H groups in total. The molecule has 0 spiro atoms. The normalized spacial score (nSPS) is 15.0. The molecule has 1 aliphatic rings. The van der Waals surface area contributed by atoms with Crippen LogP contribution >= 0.6 is 0 Å². The van der Waals surface area contributed by atoms with Crippen LogP contribution in [0, 0.1) is 6.92 Å². The van der Waals surface area contributed by atoms with Crippen molar-refractivity contribution in [2.45, 2.75) is 70.2 Å². The van der Waals surface area contributed by atoms with Crippen LogP contribution in [-0.2, 0) is 22.9 Å². The van der Waals surface area contributed by atoms with Gasteiger partial charge in [0.05, 0.1) is 14.2 Å². The molecule has 0 fully saturated rings. The third kappa shape index (κ3) is 4.49. The van der Waals surface area contributed by atoms with E-state index in [0.717, 1.165) is 53.7 Å². The lowest BCUT2D eigenvalue weighted by Crippen LogP contribution is -2.28. The van der Waals surface area contributed by atoms with Crippen molar-refractivity contribution in [3.63, 3.8) is 0 Å². The van der Waals surface area contributed by atoms with Gasteiger partial charge in [0.1, 0.15) is 16.4 Å². The van der Waals surface area contributed by atoms with E-state index in [2.05, 4.69) is 24.6 Å². The molecule has 3 rings (SSSR count). The van der Waals surface area contributed by atoms with Gasteiger partial charge in [0.25, 0.3) is 0 Å². The number of methoxy groups -OCH3 is 2. The number of nitrogens with one attached hydrogen (secondary N) is 1. The van der Waals surface area contributed by atoms with Crippen LogP contribution in [-0.4, -0.2) is 22.6 Å². The van der Waals surface area contributed by atoms with Crippen LogP contribution in [0.2, 0.25) is 0 Å². The van der Waals surface area contributed by atoms with E-state index >= 15 is 0 Å². The summed E-state index contributed by atoms with van der Waals surface area (Å²) in [6, 6.07) is 7.33. The van der Waals surface area contributed by atoms with Gasteiger partial charge >= 0.3 is 0 Å². The predicted octanol–water partition coefficient (Wildman–Crippen LogP) is 5.05. The highest BCUT2D eigenvalue weighted by atomic mass is 32.2. The van der Waals surface area contributed by atoms with E-state index in [1.807, 2.05) is 26.0 Å². The van der Waals surface area contributed by atoms with Crippen molar-refractivity contribution in [1.29, 1.82) is 0 Å². The Balaban J connectivity index is 1.97. The van der Waals surface area contributed by atoms with Crippen LogP contribution in [0.1, 0.15) is 73.4 Å². The molecule has 5 nitrogen and oxygen atoms in total. The van der Waals surface area contributed by atoms with Crippen LogP contribution in [0.25, 0.3) is 0 Å². The zero-order valence-electron chi connectivity index (χ0n) is 18.8. The molecule has 2 aromatic carbocycles. The monoisotopic (exact) mass is 431 g/mol. The second-order valence-electron chi connectivity index (χ2n) is 8.43. The Hall–Kier alpha value is -2.05. The zero-order chi connectivity index (χ0) is 22.1. The molecule has 30 heavy (non-hydrogen) atoms. The molecule has 6 heteroatoms. The van der Waals surface area contributed by atoms with Crippen molar-refractivity contribution in [2.24, 2.45) is 0 Å². The van der Waals surface area contributed by atoms with Crippen LogP contribution in [0.15, 0.2) is 29.2 Å². The standard InChI is InChI=1S/C24H33NO4S/c1-15(2)20-14-21(16(3)11-22(20)28-5)17(4)25-30(26,27)24-13-19-10-8-7-9-18(19)12-23(24)29-6/h11-15,17,25H,7-10H2,1-6H3/t17-/m0/s1. The summed E-state index contributed by atoms with van der Waals surface area (Å²) in [5.41, 5.74) is 5.30. The third-order valence-corrected chi connectivity index (χ3v) is 7.52. The van der Waals surface area contributed by atoms with Gasteiger partial charge in [0.2, 0.25) is 10.0 Å². The smallest absolute Gasteiger partial charge is 0.244 e. The van der Waals surface area contributed by atoms with Gasteiger partial charge in [-0.2, -0.15) is 0 Å². The summed E-state index contributed by atoms with van der Waals surface area (Å²) in [6.07, 6.45) is 4.10. The number of rotatable bonds is 7. The number of fused-ring (bicyclic) bond motifs is 1. The maximum absolute atomic E-state index is 13.3. The maximum atomic E-state index is 13.3. The van der Waals surface area contributed by atoms with Gasteiger partial charge < -0.3 is 9.47 Å². The molecule has 0 unspecified atom stereocenters. The molecule has 0 saturated heterocycles. The van der Waals surface area contributed by atoms with Crippen LogP contribution < -0.4 is 14.2 Å². The fourth-order valence-corrected chi connectivity index (χ4v) is 5.70. The quantitative estimate of drug-likeness (QED) is 0.666. The Labute approximate surface area is 180 Å². The summed E-state index contributed by atoms with van der Waals surface area (Å²) in [5, 5.41) is 0. The molecule has 1 aliphatic carbocycles. The summed E-state index contributed by atoms with van der Waals surface area (Å²) < 4.78 is 40.5. The average Bonchev–Trinajstić information content (AvgIpc) is 2.71. The lowest BCUT2D eigenvalue weighted by atomic mass is 9.92. The van der Waals surface area contributed by atoms with E-state index in [4.69, 9.17) is 9.47 Å². The molecule has 0 bridgehead atoms. The van der Waals surface area contributed by atoms with E-state index in [0.29, 0.717) is 5.75 Å². The molecule has 0 aliphatic heterocycles. The summed E-state index contributed by atoms with van der Waals surface area (Å²) in [4.78, 5) is 0.216. The highest BCUT2D eigenvalue weighted by molar-refractivity contribution is 7.89. The fourth-order valence-electron chi connectivity index (χ4n) is 4.28. The van der Waals surface area contributed by atoms with E-state index in [-0.39, 0.29) is 16.9 Å². The molecule has 0 radical (unpaired) electrons. The Morgan fingerprint density at radius 3 is 2.03 bits per heavy atom. The van der Waals surface area contributed by atoms with Gasteiger partial charge in [-0.15, -0.1) is 0 Å². The maximum Gasteiger partial charge on any atom is 0.244 e. The Morgan fingerprint density at radius 1 is 0.867 bits per heavy atom. The Bertz CT molecular complexity index is 1030. The summed E-state index contributed by atoms with van der Waals surface area (Å²) in [5.74, 6) is 1.51. The van der Waals surface area contributed by atoms with E-state index in [9.17, 15) is 8.42 Å². The van der Waals surface area contributed by atoms with Crippen molar-refractivity contribution in [2.75, 3.05) is 14.2 Å². The molecule has 0 amide bonds. The summed E-state index contributed by atoms with van der Waals surface area (Å²) >= 11 is 0. The van der Waals surface area contributed by atoms with Gasteiger partial charge in [-0.1, -0.05) is 13.8 Å². The highest BCUT2D eigenvalue weighted by Gasteiger charge is 2.26. The topological polar surface area (TPSA) is 64.6 Å². The van der Waals surface area contributed by atoms with E-state index in [1.165, 1.54) is 12.7 Å². The summed E-state index contributed by atoms with van der Waals surface area (Å²) in [7, 11) is -0.571. The second kappa shape index (κ2) is 8.98. The number of hydrogen-bond acceptors (Lipinski definition) is 4. The van der Waals surface area contributed by atoms with Crippen molar-refractivity contribution in [3.8, 4) is 11.5 Å². The lowest BCUT2D eigenvalue weighted by Gasteiger charge is -2.23. The number of ether oxygens (including phenoxy) is 2. The first-order valence-electron chi connectivity index (χ1n) is 10.6. The largest absolute Gasteiger partial charge is 0.496 e. The molecular formula is C24H33NO4S. The average molecular weight is 432 g/mol. The number of hydrogen-bond donors (Lipinski definition) is 1. The van der Waals surface area contributed by atoms with Gasteiger partial charge in [0, 0.05) is 6.04 Å². The third-order valence-electron chi connectivity index (χ3n) is 5.96. The van der Waals surface area contributed by atoms with Gasteiger partial charge in [-0.25, -0.2) is 13.1 Å². The molecule has 1 atom stereocenters. The number of aryl methyl sites for hydroxylation is 3. The predicted molar refractivity (Wildman–Crippen MR) is 120 cm³/mol. The van der Waals surface area contributed by atoms with Crippen LogP contribution in [0.3, 0.4) is 0 Å². The van der Waals surface area contributed by atoms with Crippen LogP contribution in [0.4, 0.5) is 0 Å². The molecule has 0 saturated carbocycles. The van der Waals surface area contributed by atoms with Gasteiger partial charge in [-0.05, 0) is 97.5 Å². The minimum absolute atomic E-state index is 0.216. The Kier molecular flexibility index (Phi) is 6.78. The molecule has 2 aromatic rings. The minimum atomic E-state index is -3.76. The number of benzene rings is 2. The lowest BCUT2D eigenvalue weighted by molar-refractivity contribution is 0.400.